The summed E-state index contributed by atoms with van der Waals surface area (Å²) in [5, 5.41) is 10.7. The molecule has 1 atom stereocenters. The van der Waals surface area contributed by atoms with Crippen molar-refractivity contribution in [1.82, 2.24) is 4.31 Å². The standard InChI is InChI=1S/C11H14ClNO4S2/c12-9-4-6-18-11(9)19(16,17)13-5-2-1-3-8(13)7-10(14)15/h4,6,8H,1-3,5,7H2,(H,14,15). The van der Waals surface area contributed by atoms with E-state index >= 15 is 0 Å². The Balaban J connectivity index is 2.32. The molecule has 2 rings (SSSR count). The molecule has 106 valence electrons. The van der Waals surface area contributed by atoms with Crippen LogP contribution in [0, 0.1) is 0 Å². The second kappa shape index (κ2) is 5.78. The molecule has 1 saturated heterocycles. The normalized spacial score (nSPS) is 21.4. The van der Waals surface area contributed by atoms with Crippen molar-refractivity contribution in [1.29, 1.82) is 0 Å². The third kappa shape index (κ3) is 3.10. The van der Waals surface area contributed by atoms with E-state index in [1.807, 2.05) is 0 Å². The summed E-state index contributed by atoms with van der Waals surface area (Å²) < 4.78 is 26.4. The quantitative estimate of drug-likeness (QED) is 0.923. The Kier molecular flexibility index (Phi) is 4.50. The Morgan fingerprint density at radius 1 is 1.53 bits per heavy atom. The lowest BCUT2D eigenvalue weighted by atomic mass is 10.0. The van der Waals surface area contributed by atoms with Gasteiger partial charge in [-0.1, -0.05) is 18.0 Å². The van der Waals surface area contributed by atoms with Gasteiger partial charge in [-0.05, 0) is 24.3 Å². The number of carboxylic acid groups (broad SMARTS) is 1. The van der Waals surface area contributed by atoms with Crippen LogP contribution in [0.25, 0.3) is 0 Å². The number of aliphatic carboxylic acids is 1. The van der Waals surface area contributed by atoms with E-state index < -0.39 is 22.0 Å². The molecule has 0 radical (unpaired) electrons. The smallest absolute Gasteiger partial charge is 0.304 e. The molecule has 2 heterocycles. The van der Waals surface area contributed by atoms with E-state index in [1.165, 1.54) is 10.4 Å². The van der Waals surface area contributed by atoms with Gasteiger partial charge < -0.3 is 5.11 Å². The number of sulfonamides is 1. The molecule has 0 spiro atoms. The molecule has 1 aliphatic rings. The number of hydrogen-bond acceptors (Lipinski definition) is 4. The van der Waals surface area contributed by atoms with E-state index in [1.54, 1.807) is 5.38 Å². The fourth-order valence-corrected chi connectivity index (χ4v) is 5.75. The van der Waals surface area contributed by atoms with Crippen LogP contribution in [-0.4, -0.2) is 36.4 Å². The van der Waals surface area contributed by atoms with Crippen LogP contribution < -0.4 is 0 Å². The lowest BCUT2D eigenvalue weighted by Crippen LogP contribution is -2.44. The Labute approximate surface area is 120 Å². The van der Waals surface area contributed by atoms with Gasteiger partial charge in [-0.2, -0.15) is 4.31 Å². The summed E-state index contributed by atoms with van der Waals surface area (Å²) in [5.74, 6) is -0.982. The molecule has 1 unspecified atom stereocenters. The van der Waals surface area contributed by atoms with Gasteiger partial charge in [0.25, 0.3) is 10.0 Å². The van der Waals surface area contributed by atoms with Crippen molar-refractivity contribution >= 4 is 38.9 Å². The SMILES string of the molecule is O=C(O)CC1CCCCN1S(=O)(=O)c1sccc1Cl. The third-order valence-electron chi connectivity index (χ3n) is 3.11. The molecule has 0 aromatic carbocycles. The number of carbonyl (C=O) groups is 1. The van der Waals surface area contributed by atoms with Crippen LogP contribution in [0.15, 0.2) is 15.7 Å². The highest BCUT2D eigenvalue weighted by atomic mass is 35.5. The number of halogens is 1. The lowest BCUT2D eigenvalue weighted by Gasteiger charge is -2.33. The third-order valence-corrected chi connectivity index (χ3v) is 7.06. The van der Waals surface area contributed by atoms with Gasteiger partial charge in [0, 0.05) is 12.6 Å². The topological polar surface area (TPSA) is 74.7 Å². The van der Waals surface area contributed by atoms with Gasteiger partial charge in [-0.25, -0.2) is 8.42 Å². The van der Waals surface area contributed by atoms with E-state index in [2.05, 4.69) is 0 Å². The minimum atomic E-state index is -3.69. The summed E-state index contributed by atoms with van der Waals surface area (Å²) in [6, 6.07) is 1.06. The second-order valence-corrected chi connectivity index (χ2v) is 7.83. The molecule has 8 heteroatoms. The van der Waals surface area contributed by atoms with Crippen LogP contribution in [-0.2, 0) is 14.8 Å². The van der Waals surface area contributed by atoms with E-state index in [9.17, 15) is 13.2 Å². The molecule has 0 aliphatic carbocycles. The second-order valence-electron chi connectivity index (χ2n) is 4.42. The highest BCUT2D eigenvalue weighted by molar-refractivity contribution is 7.91. The van der Waals surface area contributed by atoms with Crippen molar-refractivity contribution in [3.05, 3.63) is 16.5 Å². The largest absolute Gasteiger partial charge is 0.481 e. The predicted octanol–water partition coefficient (Wildman–Crippen LogP) is 2.42. The fourth-order valence-electron chi connectivity index (χ4n) is 2.27. The Morgan fingerprint density at radius 2 is 2.26 bits per heavy atom. The summed E-state index contributed by atoms with van der Waals surface area (Å²) in [7, 11) is -3.69. The van der Waals surface area contributed by atoms with Crippen molar-refractivity contribution in [2.24, 2.45) is 0 Å². The van der Waals surface area contributed by atoms with E-state index in [0.717, 1.165) is 24.2 Å². The van der Waals surface area contributed by atoms with E-state index in [-0.39, 0.29) is 15.7 Å². The monoisotopic (exact) mass is 323 g/mol. The Bertz CT molecular complexity index is 569. The minimum absolute atomic E-state index is 0.103. The molecule has 5 nitrogen and oxygen atoms in total. The van der Waals surface area contributed by atoms with Crippen LogP contribution in [0.4, 0.5) is 0 Å². The van der Waals surface area contributed by atoms with Gasteiger partial charge in [0.2, 0.25) is 0 Å². The van der Waals surface area contributed by atoms with E-state index in [0.29, 0.717) is 13.0 Å². The number of piperidine rings is 1. The first-order valence-corrected chi connectivity index (χ1v) is 8.59. The number of nitrogens with zero attached hydrogens (tertiary/aromatic N) is 1. The molecule has 1 N–H and O–H groups in total. The highest BCUT2D eigenvalue weighted by Crippen LogP contribution is 2.33. The van der Waals surface area contributed by atoms with Gasteiger partial charge in [0.05, 0.1) is 11.4 Å². The maximum Gasteiger partial charge on any atom is 0.304 e. The van der Waals surface area contributed by atoms with Crippen molar-refractivity contribution in [2.75, 3.05) is 6.54 Å². The summed E-state index contributed by atoms with van der Waals surface area (Å²) in [4.78, 5) is 10.8. The number of thiophene rings is 1. The predicted molar refractivity (Wildman–Crippen MR) is 73.1 cm³/mol. The number of carboxylic acids is 1. The maximum atomic E-state index is 12.5. The van der Waals surface area contributed by atoms with Crippen LogP contribution in [0.3, 0.4) is 0 Å². The molecule has 0 amide bonds. The zero-order valence-corrected chi connectivity index (χ0v) is 12.5. The molecule has 1 aromatic rings. The zero-order chi connectivity index (χ0) is 14.0. The fraction of sp³-hybridized carbons (Fsp3) is 0.545. The van der Waals surface area contributed by atoms with Gasteiger partial charge in [-0.15, -0.1) is 11.3 Å². The molecule has 1 fully saturated rings. The molecular formula is C11H14ClNO4S2. The summed E-state index contributed by atoms with van der Waals surface area (Å²) >= 11 is 6.95. The number of hydrogen-bond donors (Lipinski definition) is 1. The molecular weight excluding hydrogens is 310 g/mol. The highest BCUT2D eigenvalue weighted by Gasteiger charge is 2.36. The lowest BCUT2D eigenvalue weighted by molar-refractivity contribution is -0.138. The molecule has 1 aliphatic heterocycles. The van der Waals surface area contributed by atoms with Gasteiger partial charge >= 0.3 is 5.97 Å². The van der Waals surface area contributed by atoms with Crippen molar-refractivity contribution in [3.8, 4) is 0 Å². The first kappa shape index (κ1) is 14.8. The van der Waals surface area contributed by atoms with E-state index in [4.69, 9.17) is 16.7 Å². The summed E-state index contributed by atoms with van der Waals surface area (Å²) in [5.41, 5.74) is 0. The molecule has 1 aromatic heterocycles. The summed E-state index contributed by atoms with van der Waals surface area (Å²) in [6.45, 7) is 0.356. The van der Waals surface area contributed by atoms with Gasteiger partial charge in [0.1, 0.15) is 0 Å². The molecule has 0 saturated carbocycles. The zero-order valence-electron chi connectivity index (χ0n) is 10.1. The molecule has 0 bridgehead atoms. The Morgan fingerprint density at radius 3 is 2.84 bits per heavy atom. The first-order chi connectivity index (χ1) is 8.93. The van der Waals surface area contributed by atoms with Crippen LogP contribution in [0.5, 0.6) is 0 Å². The first-order valence-electron chi connectivity index (χ1n) is 5.89. The number of rotatable bonds is 4. The van der Waals surface area contributed by atoms with Crippen LogP contribution in [0.2, 0.25) is 5.02 Å². The van der Waals surface area contributed by atoms with Crippen molar-refractivity contribution in [2.45, 2.75) is 35.9 Å². The maximum absolute atomic E-state index is 12.5. The Hall–Kier alpha value is -0.630. The van der Waals surface area contributed by atoms with Crippen LogP contribution >= 0.6 is 22.9 Å². The minimum Gasteiger partial charge on any atom is -0.481 e. The summed E-state index contributed by atoms with van der Waals surface area (Å²) in [6.07, 6.45) is 2.01. The van der Waals surface area contributed by atoms with Gasteiger partial charge in [-0.3, -0.25) is 4.79 Å². The van der Waals surface area contributed by atoms with Crippen molar-refractivity contribution < 1.29 is 18.3 Å². The van der Waals surface area contributed by atoms with Crippen molar-refractivity contribution in [3.63, 3.8) is 0 Å². The average Bonchev–Trinajstić information content (AvgIpc) is 2.76. The van der Waals surface area contributed by atoms with Crippen LogP contribution in [0.1, 0.15) is 25.7 Å². The molecule has 19 heavy (non-hydrogen) atoms. The average molecular weight is 324 g/mol. The van der Waals surface area contributed by atoms with Gasteiger partial charge in [0.15, 0.2) is 4.21 Å².